The van der Waals surface area contributed by atoms with Crippen molar-refractivity contribution < 1.29 is 14.7 Å². The van der Waals surface area contributed by atoms with Crippen LogP contribution in [0, 0.1) is 0 Å². The highest BCUT2D eigenvalue weighted by Crippen LogP contribution is 2.29. The van der Waals surface area contributed by atoms with Gasteiger partial charge in [-0.3, -0.25) is 4.79 Å². The maximum atomic E-state index is 12.2. The van der Waals surface area contributed by atoms with Gasteiger partial charge in [0.15, 0.2) is 0 Å². The first-order chi connectivity index (χ1) is 8.59. The molecule has 1 fully saturated rings. The molecule has 6 heteroatoms. The van der Waals surface area contributed by atoms with Gasteiger partial charge in [0.25, 0.3) is 5.91 Å². The molecule has 98 valence electrons. The van der Waals surface area contributed by atoms with Crippen molar-refractivity contribution in [2.75, 3.05) is 11.5 Å². The van der Waals surface area contributed by atoms with Crippen LogP contribution in [0.15, 0.2) is 11.4 Å². The Balaban J connectivity index is 2.18. The largest absolute Gasteiger partial charge is 0.479 e. The van der Waals surface area contributed by atoms with Gasteiger partial charge in [-0.05, 0) is 35.6 Å². The molecular formula is C12H15NO3S2. The zero-order valence-corrected chi connectivity index (χ0v) is 11.7. The van der Waals surface area contributed by atoms with Crippen molar-refractivity contribution in [3.05, 3.63) is 21.9 Å². The number of carbonyl (C=O) groups is 2. The van der Waals surface area contributed by atoms with Crippen LogP contribution in [-0.2, 0) is 11.2 Å². The maximum Gasteiger partial charge on any atom is 0.330 e. The molecular weight excluding hydrogens is 270 g/mol. The minimum Gasteiger partial charge on any atom is -0.479 e. The van der Waals surface area contributed by atoms with E-state index in [1.165, 1.54) is 11.3 Å². The van der Waals surface area contributed by atoms with Crippen LogP contribution in [-0.4, -0.2) is 34.0 Å². The number of amides is 1. The van der Waals surface area contributed by atoms with Crippen LogP contribution in [0.4, 0.5) is 0 Å². The second-order valence-corrected chi connectivity index (χ2v) is 6.29. The normalized spacial score (nSPS) is 22.9. The number of hydrogen-bond acceptors (Lipinski definition) is 4. The fourth-order valence-corrected chi connectivity index (χ4v) is 4.19. The number of carboxylic acid groups (broad SMARTS) is 1. The predicted molar refractivity (Wildman–Crippen MR) is 73.5 cm³/mol. The maximum absolute atomic E-state index is 12.2. The molecule has 1 aromatic heterocycles. The number of carboxylic acids is 1. The van der Waals surface area contributed by atoms with E-state index >= 15 is 0 Å². The topological polar surface area (TPSA) is 66.4 Å². The molecule has 0 spiro atoms. The first-order valence-corrected chi connectivity index (χ1v) is 7.82. The summed E-state index contributed by atoms with van der Waals surface area (Å²) in [5.74, 6) is 0.0284. The summed E-state index contributed by atoms with van der Waals surface area (Å²) < 4.78 is 0. The Morgan fingerprint density at radius 1 is 1.56 bits per heavy atom. The van der Waals surface area contributed by atoms with Gasteiger partial charge >= 0.3 is 5.97 Å². The summed E-state index contributed by atoms with van der Waals surface area (Å²) in [7, 11) is 0. The summed E-state index contributed by atoms with van der Waals surface area (Å²) in [6.45, 7) is 1.98. The lowest BCUT2D eigenvalue weighted by atomic mass is 9.99. The van der Waals surface area contributed by atoms with Crippen molar-refractivity contribution in [3.8, 4) is 0 Å². The molecule has 0 aromatic carbocycles. The van der Waals surface area contributed by atoms with Gasteiger partial charge in [-0.15, -0.1) is 11.3 Å². The molecule has 1 amide bonds. The first kappa shape index (κ1) is 13.4. The molecule has 0 bridgehead atoms. The molecule has 4 nitrogen and oxygen atoms in total. The van der Waals surface area contributed by atoms with Crippen LogP contribution >= 0.6 is 23.1 Å². The van der Waals surface area contributed by atoms with Crippen molar-refractivity contribution in [1.29, 1.82) is 0 Å². The van der Waals surface area contributed by atoms with Crippen molar-refractivity contribution in [1.82, 2.24) is 5.32 Å². The van der Waals surface area contributed by atoms with E-state index in [0.717, 1.165) is 17.7 Å². The molecule has 0 unspecified atom stereocenters. The fraction of sp³-hybridized carbons (Fsp3) is 0.500. The molecule has 2 rings (SSSR count). The molecule has 1 saturated heterocycles. The molecule has 1 aromatic rings. The molecule has 1 aliphatic rings. The number of thiophene rings is 1. The number of rotatable bonds is 4. The third kappa shape index (κ3) is 2.40. The second-order valence-electron chi connectivity index (χ2n) is 4.27. The van der Waals surface area contributed by atoms with Crippen LogP contribution in [0.1, 0.15) is 28.6 Å². The second kappa shape index (κ2) is 5.32. The van der Waals surface area contributed by atoms with E-state index in [-0.39, 0.29) is 5.91 Å². The summed E-state index contributed by atoms with van der Waals surface area (Å²) in [6.07, 6.45) is 1.27. The summed E-state index contributed by atoms with van der Waals surface area (Å²) >= 11 is 2.93. The average Bonchev–Trinajstić information content (AvgIpc) is 2.97. The highest BCUT2D eigenvalue weighted by molar-refractivity contribution is 7.99. The molecule has 2 N–H and O–H groups in total. The van der Waals surface area contributed by atoms with E-state index in [0.29, 0.717) is 17.1 Å². The number of aryl methyl sites for hydroxylation is 1. The number of nitrogens with one attached hydrogen (secondary N) is 1. The van der Waals surface area contributed by atoms with E-state index < -0.39 is 11.5 Å². The Morgan fingerprint density at radius 3 is 2.89 bits per heavy atom. The lowest BCUT2D eigenvalue weighted by Crippen LogP contribution is -2.54. The minimum atomic E-state index is -1.09. The summed E-state index contributed by atoms with van der Waals surface area (Å²) in [5.41, 5.74) is -0.111. The van der Waals surface area contributed by atoms with Gasteiger partial charge in [-0.1, -0.05) is 6.92 Å². The fourth-order valence-electron chi connectivity index (χ4n) is 1.97. The quantitative estimate of drug-likeness (QED) is 0.888. The minimum absolute atomic E-state index is 0.258. The SMILES string of the molecule is CCc1ccsc1C(=O)N[C@]1(C(=O)O)CCSC1. The van der Waals surface area contributed by atoms with Crippen LogP contribution in [0.2, 0.25) is 0 Å². The Hall–Kier alpha value is -1.01. The van der Waals surface area contributed by atoms with Gasteiger partial charge in [0, 0.05) is 5.75 Å². The average molecular weight is 285 g/mol. The van der Waals surface area contributed by atoms with Crippen molar-refractivity contribution in [2.45, 2.75) is 25.3 Å². The van der Waals surface area contributed by atoms with Gasteiger partial charge in [0.1, 0.15) is 5.54 Å². The number of carbonyl (C=O) groups excluding carboxylic acids is 1. The molecule has 1 atom stereocenters. The van der Waals surface area contributed by atoms with Crippen LogP contribution in [0.3, 0.4) is 0 Å². The Kier molecular flexibility index (Phi) is 3.97. The Bertz CT molecular complexity index is 464. The van der Waals surface area contributed by atoms with E-state index in [9.17, 15) is 14.7 Å². The third-order valence-electron chi connectivity index (χ3n) is 3.12. The highest BCUT2D eigenvalue weighted by Gasteiger charge is 2.43. The highest BCUT2D eigenvalue weighted by atomic mass is 32.2. The summed E-state index contributed by atoms with van der Waals surface area (Å²) in [6, 6.07) is 1.91. The van der Waals surface area contributed by atoms with Gasteiger partial charge in [-0.25, -0.2) is 4.79 Å². The van der Waals surface area contributed by atoms with Gasteiger partial charge in [0.2, 0.25) is 0 Å². The number of aliphatic carboxylic acids is 1. The third-order valence-corrected chi connectivity index (χ3v) is 5.26. The molecule has 0 saturated carbocycles. The Labute approximate surface area is 114 Å². The first-order valence-electron chi connectivity index (χ1n) is 5.79. The predicted octanol–water partition coefficient (Wildman–Crippen LogP) is 2.00. The molecule has 0 radical (unpaired) electrons. The van der Waals surface area contributed by atoms with E-state index in [1.807, 2.05) is 18.4 Å². The van der Waals surface area contributed by atoms with Crippen molar-refractivity contribution in [2.24, 2.45) is 0 Å². The summed E-state index contributed by atoms with van der Waals surface area (Å²) in [5, 5.41) is 13.9. The zero-order valence-electron chi connectivity index (χ0n) is 10.1. The van der Waals surface area contributed by atoms with Gasteiger partial charge in [-0.2, -0.15) is 11.8 Å². The van der Waals surface area contributed by atoms with Crippen molar-refractivity contribution in [3.63, 3.8) is 0 Å². The number of thioether (sulfide) groups is 1. The molecule has 0 aliphatic carbocycles. The molecule has 1 aliphatic heterocycles. The lowest BCUT2D eigenvalue weighted by Gasteiger charge is -2.24. The Morgan fingerprint density at radius 2 is 2.33 bits per heavy atom. The van der Waals surface area contributed by atoms with Crippen LogP contribution < -0.4 is 5.32 Å². The van der Waals surface area contributed by atoms with Crippen LogP contribution in [0.25, 0.3) is 0 Å². The lowest BCUT2D eigenvalue weighted by molar-refractivity contribution is -0.143. The standard InChI is InChI=1S/C12H15NO3S2/c1-2-8-3-5-18-9(8)10(14)13-12(11(15)16)4-6-17-7-12/h3,5H,2,4,6-7H2,1H3,(H,13,14)(H,15,16)/t12-/m1/s1. The van der Waals surface area contributed by atoms with Crippen LogP contribution in [0.5, 0.6) is 0 Å². The molecule has 18 heavy (non-hydrogen) atoms. The van der Waals surface area contributed by atoms with Gasteiger partial charge < -0.3 is 10.4 Å². The van der Waals surface area contributed by atoms with E-state index in [2.05, 4.69) is 5.32 Å². The smallest absolute Gasteiger partial charge is 0.330 e. The van der Waals surface area contributed by atoms with E-state index in [4.69, 9.17) is 0 Å². The number of hydrogen-bond donors (Lipinski definition) is 2. The summed E-state index contributed by atoms with van der Waals surface area (Å²) in [4.78, 5) is 24.2. The van der Waals surface area contributed by atoms with E-state index in [1.54, 1.807) is 11.8 Å². The monoisotopic (exact) mass is 285 g/mol. The van der Waals surface area contributed by atoms with Gasteiger partial charge in [0.05, 0.1) is 4.88 Å². The zero-order chi connectivity index (χ0) is 13.2. The van der Waals surface area contributed by atoms with Crippen molar-refractivity contribution >= 4 is 35.0 Å². The molecule has 2 heterocycles.